The van der Waals surface area contributed by atoms with Gasteiger partial charge in [-0.25, -0.2) is 4.98 Å². The van der Waals surface area contributed by atoms with E-state index < -0.39 is 0 Å². The van der Waals surface area contributed by atoms with Gasteiger partial charge < -0.3 is 4.40 Å². The van der Waals surface area contributed by atoms with E-state index >= 15 is 0 Å². The number of fused-ring (bicyclic) bond motifs is 5. The zero-order valence-electron chi connectivity index (χ0n) is 12.6. The van der Waals surface area contributed by atoms with Gasteiger partial charge in [0.05, 0.1) is 27.8 Å². The summed E-state index contributed by atoms with van der Waals surface area (Å²) in [6.45, 7) is 0. The minimum Gasteiger partial charge on any atom is -0.305 e. The fourth-order valence-electron chi connectivity index (χ4n) is 3.24. The molecule has 0 saturated carbocycles. The molecule has 0 spiro atoms. The van der Waals surface area contributed by atoms with Crippen molar-refractivity contribution in [2.24, 2.45) is 0 Å². The van der Waals surface area contributed by atoms with Crippen LogP contribution in [-0.4, -0.2) is 14.4 Å². The summed E-state index contributed by atoms with van der Waals surface area (Å²) in [7, 11) is 0. The Morgan fingerprint density at radius 1 is 0.792 bits per heavy atom. The molecule has 4 heteroatoms. The lowest BCUT2D eigenvalue weighted by molar-refractivity contribution is 1.23. The van der Waals surface area contributed by atoms with Gasteiger partial charge in [0.15, 0.2) is 0 Å². The predicted molar refractivity (Wildman–Crippen MR) is 101 cm³/mol. The van der Waals surface area contributed by atoms with E-state index in [1.807, 2.05) is 36.5 Å². The Morgan fingerprint density at radius 3 is 2.54 bits per heavy atom. The van der Waals surface area contributed by atoms with Crippen LogP contribution in [0.1, 0.15) is 0 Å². The topological polar surface area (TPSA) is 30.2 Å². The highest BCUT2D eigenvalue weighted by atomic mass is 79.9. The van der Waals surface area contributed by atoms with Crippen molar-refractivity contribution in [2.75, 3.05) is 0 Å². The molecular weight excluding hydrogens is 362 g/mol. The van der Waals surface area contributed by atoms with E-state index in [0.29, 0.717) is 0 Å². The highest BCUT2D eigenvalue weighted by Crippen LogP contribution is 2.32. The monoisotopic (exact) mass is 373 g/mol. The zero-order chi connectivity index (χ0) is 16.1. The van der Waals surface area contributed by atoms with Gasteiger partial charge in [0, 0.05) is 16.1 Å². The van der Waals surface area contributed by atoms with Crippen LogP contribution in [0.2, 0.25) is 0 Å². The summed E-state index contributed by atoms with van der Waals surface area (Å²) in [5.74, 6) is 0. The molecule has 3 heterocycles. The average Bonchev–Trinajstić information content (AvgIpc) is 3.00. The molecule has 114 valence electrons. The van der Waals surface area contributed by atoms with E-state index in [1.165, 1.54) is 10.9 Å². The second-order valence-corrected chi connectivity index (χ2v) is 6.65. The van der Waals surface area contributed by atoms with Crippen LogP contribution in [0.5, 0.6) is 0 Å². The van der Waals surface area contributed by atoms with Crippen molar-refractivity contribution in [3.63, 3.8) is 0 Å². The van der Waals surface area contributed by atoms with Crippen LogP contribution in [0.15, 0.2) is 77.4 Å². The second-order valence-electron chi connectivity index (χ2n) is 5.73. The molecule has 0 atom stereocenters. The van der Waals surface area contributed by atoms with Gasteiger partial charge in [-0.05, 0) is 48.5 Å². The fraction of sp³-hybridized carbons (Fsp3) is 0. The quantitative estimate of drug-likeness (QED) is 0.390. The van der Waals surface area contributed by atoms with Gasteiger partial charge in [-0.1, -0.05) is 34.1 Å². The molecule has 0 bridgehead atoms. The normalized spacial score (nSPS) is 11.5. The fourth-order valence-corrected chi connectivity index (χ4v) is 3.62. The first kappa shape index (κ1) is 13.7. The number of pyridine rings is 1. The lowest BCUT2D eigenvalue weighted by Gasteiger charge is -2.08. The third-order valence-corrected chi connectivity index (χ3v) is 4.76. The van der Waals surface area contributed by atoms with Crippen LogP contribution in [0, 0.1) is 0 Å². The van der Waals surface area contributed by atoms with Crippen molar-refractivity contribution < 1.29 is 0 Å². The van der Waals surface area contributed by atoms with Gasteiger partial charge >= 0.3 is 0 Å². The Kier molecular flexibility index (Phi) is 2.94. The first-order valence-electron chi connectivity index (χ1n) is 7.72. The van der Waals surface area contributed by atoms with Gasteiger partial charge in [0.25, 0.3) is 0 Å². The van der Waals surface area contributed by atoms with Gasteiger partial charge in [-0.2, -0.15) is 0 Å². The average molecular weight is 374 g/mol. The van der Waals surface area contributed by atoms with Crippen LogP contribution in [-0.2, 0) is 0 Å². The summed E-state index contributed by atoms with van der Waals surface area (Å²) in [6.07, 6.45) is 1.81. The Labute approximate surface area is 146 Å². The summed E-state index contributed by atoms with van der Waals surface area (Å²) in [5.41, 5.74) is 6.09. The number of benzene rings is 2. The van der Waals surface area contributed by atoms with Gasteiger partial charge in [0.1, 0.15) is 5.69 Å². The molecule has 0 aliphatic heterocycles. The van der Waals surface area contributed by atoms with E-state index in [-0.39, 0.29) is 0 Å². The first-order chi connectivity index (χ1) is 11.8. The Hall–Kier alpha value is -2.72. The summed E-state index contributed by atoms with van der Waals surface area (Å²) in [5, 5.41) is 1.18. The number of para-hydroxylation sites is 2. The third kappa shape index (κ3) is 1.96. The maximum atomic E-state index is 4.90. The number of hydrogen-bond acceptors (Lipinski definition) is 2. The second kappa shape index (κ2) is 5.14. The zero-order valence-corrected chi connectivity index (χ0v) is 14.2. The molecule has 0 aliphatic rings. The molecule has 2 aromatic carbocycles. The Bertz CT molecular complexity index is 1210. The number of halogens is 1. The molecular formula is C20H12BrN3. The molecule has 0 unspecified atom stereocenters. The van der Waals surface area contributed by atoms with Crippen LogP contribution in [0.25, 0.3) is 38.8 Å². The van der Waals surface area contributed by atoms with Crippen molar-refractivity contribution in [1.82, 2.24) is 14.4 Å². The SMILES string of the molecule is Brc1ccc2c(c1)cc1c(-c3ccccn3)nc3ccccc3n12. The smallest absolute Gasteiger partial charge is 0.113 e. The largest absolute Gasteiger partial charge is 0.305 e. The Morgan fingerprint density at radius 2 is 1.67 bits per heavy atom. The maximum absolute atomic E-state index is 4.90. The molecule has 5 rings (SSSR count). The summed E-state index contributed by atoms with van der Waals surface area (Å²) < 4.78 is 3.34. The lowest BCUT2D eigenvalue weighted by atomic mass is 10.2. The van der Waals surface area contributed by atoms with Crippen LogP contribution in [0.3, 0.4) is 0 Å². The number of nitrogens with zero attached hydrogens (tertiary/aromatic N) is 3. The minimum absolute atomic E-state index is 0.884. The summed E-state index contributed by atoms with van der Waals surface area (Å²) in [4.78, 5) is 9.40. The molecule has 0 saturated heterocycles. The molecule has 5 aromatic rings. The van der Waals surface area contributed by atoms with Gasteiger partial charge in [-0.15, -0.1) is 0 Å². The van der Waals surface area contributed by atoms with E-state index in [9.17, 15) is 0 Å². The molecule has 0 N–H and O–H groups in total. The summed E-state index contributed by atoms with van der Waals surface area (Å²) >= 11 is 3.57. The van der Waals surface area contributed by atoms with E-state index in [1.54, 1.807) is 0 Å². The van der Waals surface area contributed by atoms with Crippen LogP contribution < -0.4 is 0 Å². The molecule has 24 heavy (non-hydrogen) atoms. The van der Waals surface area contributed by atoms with Crippen LogP contribution in [0.4, 0.5) is 0 Å². The highest BCUT2D eigenvalue weighted by molar-refractivity contribution is 9.10. The molecule has 0 fully saturated rings. The Balaban J connectivity index is 2.04. The van der Waals surface area contributed by atoms with E-state index in [4.69, 9.17) is 4.98 Å². The highest BCUT2D eigenvalue weighted by Gasteiger charge is 2.14. The lowest BCUT2D eigenvalue weighted by Crippen LogP contribution is -1.96. The van der Waals surface area contributed by atoms with Crippen molar-refractivity contribution in [2.45, 2.75) is 0 Å². The predicted octanol–water partition coefficient (Wildman–Crippen LogP) is 5.47. The van der Waals surface area contributed by atoms with Crippen molar-refractivity contribution in [3.8, 4) is 11.4 Å². The van der Waals surface area contributed by atoms with Crippen molar-refractivity contribution in [3.05, 3.63) is 77.4 Å². The minimum atomic E-state index is 0.884. The van der Waals surface area contributed by atoms with Crippen molar-refractivity contribution in [1.29, 1.82) is 0 Å². The molecule has 3 nitrogen and oxygen atoms in total. The van der Waals surface area contributed by atoms with Crippen molar-refractivity contribution >= 4 is 43.4 Å². The van der Waals surface area contributed by atoms with Gasteiger partial charge in [0.2, 0.25) is 0 Å². The first-order valence-corrected chi connectivity index (χ1v) is 8.51. The molecule has 0 amide bonds. The standard InChI is InChI=1S/C20H12BrN3/c21-14-8-9-17-13(11-14)12-19-20(16-6-3-4-10-22-16)23-15-5-1-2-7-18(15)24(17)19/h1-12H. The molecule has 3 aromatic heterocycles. The molecule has 0 radical (unpaired) electrons. The third-order valence-electron chi connectivity index (χ3n) is 4.27. The van der Waals surface area contributed by atoms with Crippen LogP contribution >= 0.6 is 15.9 Å². The number of hydrogen-bond donors (Lipinski definition) is 0. The number of aromatic nitrogens is 3. The molecule has 0 aliphatic carbocycles. The van der Waals surface area contributed by atoms with Gasteiger partial charge in [-0.3, -0.25) is 4.98 Å². The maximum Gasteiger partial charge on any atom is 0.113 e. The number of rotatable bonds is 1. The van der Waals surface area contributed by atoms with E-state index in [0.717, 1.165) is 32.4 Å². The van der Waals surface area contributed by atoms with E-state index in [2.05, 4.69) is 61.7 Å². The summed E-state index contributed by atoms with van der Waals surface area (Å²) in [6, 6.07) is 22.7.